The summed E-state index contributed by atoms with van der Waals surface area (Å²) in [6.45, 7) is 8.49. The molecule has 0 spiro atoms. The second-order valence-corrected chi connectivity index (χ2v) is 9.11. The molecular formula is C28H28N4O. The molecule has 0 radical (unpaired) electrons. The predicted octanol–water partition coefficient (Wildman–Crippen LogP) is 5.91. The number of para-hydroxylation sites is 1. The van der Waals surface area contributed by atoms with Gasteiger partial charge in [0, 0.05) is 22.9 Å². The topological polar surface area (TPSA) is 59.3 Å². The van der Waals surface area contributed by atoms with Gasteiger partial charge in [-0.1, -0.05) is 74.9 Å². The van der Waals surface area contributed by atoms with Crippen molar-refractivity contribution >= 4 is 12.1 Å². The molecule has 3 aromatic carbocycles. The fraction of sp³-hybridized carbons (Fsp3) is 0.179. The molecule has 5 nitrogen and oxygen atoms in total. The highest BCUT2D eigenvalue weighted by atomic mass is 16.2. The van der Waals surface area contributed by atoms with Crippen molar-refractivity contribution in [2.24, 2.45) is 5.10 Å². The monoisotopic (exact) mass is 436 g/mol. The zero-order valence-electron chi connectivity index (χ0n) is 19.4. The minimum absolute atomic E-state index is 0.0399. The number of amides is 1. The van der Waals surface area contributed by atoms with E-state index in [-0.39, 0.29) is 11.3 Å². The van der Waals surface area contributed by atoms with Gasteiger partial charge in [-0.3, -0.25) is 4.79 Å². The second kappa shape index (κ2) is 9.25. The highest BCUT2D eigenvalue weighted by molar-refractivity contribution is 5.95. The van der Waals surface area contributed by atoms with E-state index in [0.717, 1.165) is 28.1 Å². The number of rotatable bonds is 5. The van der Waals surface area contributed by atoms with Gasteiger partial charge in [-0.15, -0.1) is 0 Å². The number of carbonyl (C=O) groups excluding carboxylic acids is 1. The van der Waals surface area contributed by atoms with Crippen molar-refractivity contribution in [1.29, 1.82) is 0 Å². The third-order valence-corrected chi connectivity index (χ3v) is 5.44. The number of hydrazone groups is 1. The maximum absolute atomic E-state index is 12.6. The van der Waals surface area contributed by atoms with Gasteiger partial charge in [0.05, 0.1) is 11.9 Å². The molecule has 0 fully saturated rings. The minimum atomic E-state index is -0.251. The number of hydrogen-bond donors (Lipinski definition) is 1. The van der Waals surface area contributed by atoms with Crippen LogP contribution in [0.5, 0.6) is 0 Å². The van der Waals surface area contributed by atoms with Crippen LogP contribution in [0.1, 0.15) is 47.8 Å². The van der Waals surface area contributed by atoms with Gasteiger partial charge >= 0.3 is 0 Å². The summed E-state index contributed by atoms with van der Waals surface area (Å²) in [6, 6.07) is 25.7. The highest BCUT2D eigenvalue weighted by Gasteiger charge is 2.15. The average molecular weight is 437 g/mol. The lowest BCUT2D eigenvalue weighted by molar-refractivity contribution is 0.0955. The van der Waals surface area contributed by atoms with Gasteiger partial charge in [-0.25, -0.2) is 10.1 Å². The first kappa shape index (κ1) is 22.2. The Morgan fingerprint density at radius 3 is 2.36 bits per heavy atom. The fourth-order valence-corrected chi connectivity index (χ4v) is 3.56. The van der Waals surface area contributed by atoms with E-state index >= 15 is 0 Å². The Balaban J connectivity index is 1.59. The lowest BCUT2D eigenvalue weighted by atomic mass is 9.87. The van der Waals surface area contributed by atoms with E-state index in [4.69, 9.17) is 5.10 Å². The molecule has 5 heteroatoms. The third kappa shape index (κ3) is 5.26. The van der Waals surface area contributed by atoms with Crippen molar-refractivity contribution in [1.82, 2.24) is 15.2 Å². The van der Waals surface area contributed by atoms with Crippen LogP contribution in [0.15, 0.2) is 90.2 Å². The molecule has 1 heterocycles. The Bertz CT molecular complexity index is 1280. The van der Waals surface area contributed by atoms with Crippen LogP contribution in [0, 0.1) is 6.92 Å². The first-order valence-corrected chi connectivity index (χ1v) is 11.0. The smallest absolute Gasteiger partial charge is 0.267 e. The van der Waals surface area contributed by atoms with Crippen molar-refractivity contribution in [2.45, 2.75) is 33.1 Å². The Hall–Kier alpha value is -3.99. The van der Waals surface area contributed by atoms with Crippen molar-refractivity contribution in [3.8, 4) is 16.9 Å². The van der Waals surface area contributed by atoms with Crippen LogP contribution >= 0.6 is 0 Å². The predicted molar refractivity (Wildman–Crippen MR) is 134 cm³/mol. The van der Waals surface area contributed by atoms with Crippen LogP contribution in [0.3, 0.4) is 0 Å². The molecule has 0 bridgehead atoms. The standard InChI is InChI=1S/C28H28N4O/c1-20-9-8-10-22(17-20)26-23(19-32(31-26)25-11-6-5-7-12-25)18-29-30-27(33)21-13-15-24(16-14-21)28(2,3)4/h5-19H,1-4H3,(H,30,33)/b29-18-. The molecule has 0 atom stereocenters. The lowest BCUT2D eigenvalue weighted by Crippen LogP contribution is -2.18. The van der Waals surface area contributed by atoms with Gasteiger partial charge in [0.1, 0.15) is 5.69 Å². The van der Waals surface area contributed by atoms with Crippen LogP contribution in [-0.2, 0) is 5.41 Å². The summed E-state index contributed by atoms with van der Waals surface area (Å²) in [4.78, 5) is 12.6. The van der Waals surface area contributed by atoms with Crippen molar-refractivity contribution in [2.75, 3.05) is 0 Å². The molecule has 1 amide bonds. The Kier molecular flexibility index (Phi) is 6.22. The molecule has 0 aliphatic heterocycles. The van der Waals surface area contributed by atoms with E-state index in [2.05, 4.69) is 50.4 Å². The highest BCUT2D eigenvalue weighted by Crippen LogP contribution is 2.24. The van der Waals surface area contributed by atoms with E-state index in [0.29, 0.717) is 5.56 Å². The van der Waals surface area contributed by atoms with Crippen molar-refractivity contribution < 1.29 is 4.79 Å². The van der Waals surface area contributed by atoms with Gasteiger partial charge < -0.3 is 0 Å². The summed E-state index contributed by atoms with van der Waals surface area (Å²) < 4.78 is 1.83. The molecule has 0 saturated heterocycles. The number of nitrogens with zero attached hydrogens (tertiary/aromatic N) is 3. The maximum atomic E-state index is 12.6. The zero-order chi connectivity index (χ0) is 23.4. The Labute approximate surface area is 194 Å². The Morgan fingerprint density at radius 2 is 1.70 bits per heavy atom. The van der Waals surface area contributed by atoms with Gasteiger partial charge in [0.2, 0.25) is 0 Å². The van der Waals surface area contributed by atoms with Crippen LogP contribution in [0.4, 0.5) is 0 Å². The van der Waals surface area contributed by atoms with Crippen LogP contribution in [0.25, 0.3) is 16.9 Å². The molecule has 4 aromatic rings. The third-order valence-electron chi connectivity index (χ3n) is 5.44. The van der Waals surface area contributed by atoms with Gasteiger partial charge in [0.15, 0.2) is 0 Å². The van der Waals surface area contributed by atoms with E-state index < -0.39 is 0 Å². The number of hydrogen-bond acceptors (Lipinski definition) is 3. The summed E-state index contributed by atoms with van der Waals surface area (Å²) in [6.07, 6.45) is 3.56. The number of aromatic nitrogens is 2. The molecule has 0 aliphatic rings. The largest absolute Gasteiger partial charge is 0.271 e. The lowest BCUT2D eigenvalue weighted by Gasteiger charge is -2.18. The van der Waals surface area contributed by atoms with E-state index in [1.165, 1.54) is 5.56 Å². The molecule has 0 saturated carbocycles. The molecule has 0 aliphatic carbocycles. The first-order valence-electron chi connectivity index (χ1n) is 11.0. The summed E-state index contributed by atoms with van der Waals surface area (Å²) in [5.41, 5.74) is 9.14. The van der Waals surface area contributed by atoms with Crippen molar-refractivity contribution in [3.63, 3.8) is 0 Å². The normalized spacial score (nSPS) is 11.6. The summed E-state index contributed by atoms with van der Waals surface area (Å²) in [5, 5.41) is 9.02. The van der Waals surface area contributed by atoms with Gasteiger partial charge in [-0.05, 0) is 48.2 Å². The Morgan fingerprint density at radius 1 is 0.970 bits per heavy atom. The van der Waals surface area contributed by atoms with E-state index in [1.54, 1.807) is 6.21 Å². The molecular weight excluding hydrogens is 408 g/mol. The number of carbonyl (C=O) groups is 1. The second-order valence-electron chi connectivity index (χ2n) is 9.11. The average Bonchev–Trinajstić information content (AvgIpc) is 3.23. The quantitative estimate of drug-likeness (QED) is 0.312. The van der Waals surface area contributed by atoms with Crippen LogP contribution in [-0.4, -0.2) is 21.9 Å². The number of nitrogens with one attached hydrogen (secondary N) is 1. The molecule has 1 N–H and O–H groups in total. The summed E-state index contributed by atoms with van der Waals surface area (Å²) in [5.74, 6) is -0.251. The molecule has 1 aromatic heterocycles. The first-order chi connectivity index (χ1) is 15.8. The van der Waals surface area contributed by atoms with Gasteiger partial charge in [-0.2, -0.15) is 10.2 Å². The zero-order valence-corrected chi connectivity index (χ0v) is 19.4. The molecule has 166 valence electrons. The number of aryl methyl sites for hydroxylation is 1. The van der Waals surface area contributed by atoms with Crippen molar-refractivity contribution in [3.05, 3.63) is 107 Å². The SMILES string of the molecule is Cc1cccc(-c2nn(-c3ccccc3)cc2/C=N\NC(=O)c2ccc(C(C)(C)C)cc2)c1. The fourth-order valence-electron chi connectivity index (χ4n) is 3.56. The maximum Gasteiger partial charge on any atom is 0.271 e. The van der Waals surface area contributed by atoms with Gasteiger partial charge in [0.25, 0.3) is 5.91 Å². The van der Waals surface area contributed by atoms with Crippen LogP contribution < -0.4 is 5.43 Å². The summed E-state index contributed by atoms with van der Waals surface area (Å²) >= 11 is 0. The molecule has 0 unspecified atom stereocenters. The van der Waals surface area contributed by atoms with E-state index in [1.807, 2.05) is 77.6 Å². The van der Waals surface area contributed by atoms with E-state index in [9.17, 15) is 4.79 Å². The minimum Gasteiger partial charge on any atom is -0.267 e. The molecule has 33 heavy (non-hydrogen) atoms. The number of benzene rings is 3. The molecule has 4 rings (SSSR count). The van der Waals surface area contributed by atoms with Crippen LogP contribution in [0.2, 0.25) is 0 Å². The summed E-state index contributed by atoms with van der Waals surface area (Å²) in [7, 11) is 0.